The van der Waals surface area contributed by atoms with Gasteiger partial charge in [0.05, 0.1) is 20.8 Å². The lowest BCUT2D eigenvalue weighted by atomic mass is 9.99. The Hall–Kier alpha value is -1.26. The molecule has 0 aliphatic heterocycles. The van der Waals surface area contributed by atoms with E-state index in [0.717, 1.165) is 23.5 Å². The van der Waals surface area contributed by atoms with E-state index in [1.54, 1.807) is 14.2 Å². The summed E-state index contributed by atoms with van der Waals surface area (Å²) in [5.41, 5.74) is 1.14. The van der Waals surface area contributed by atoms with Gasteiger partial charge < -0.3 is 19.9 Å². The van der Waals surface area contributed by atoms with Gasteiger partial charge in [-0.1, -0.05) is 26.8 Å². The summed E-state index contributed by atoms with van der Waals surface area (Å²) in [6, 6.07) is 6.23. The van der Waals surface area contributed by atoms with E-state index >= 15 is 0 Å². The summed E-state index contributed by atoms with van der Waals surface area (Å²) in [7, 11) is 3.27. The van der Waals surface area contributed by atoms with Crippen molar-refractivity contribution in [2.45, 2.75) is 39.3 Å². The first kappa shape index (κ1) is 16.8. The molecule has 4 heteroatoms. The maximum atomic E-state index is 9.46. The Morgan fingerprint density at radius 1 is 1.15 bits per heavy atom. The van der Waals surface area contributed by atoms with Crippen molar-refractivity contribution in [2.75, 3.05) is 20.8 Å². The number of hydrogen-bond donors (Lipinski definition) is 2. The van der Waals surface area contributed by atoms with Crippen LogP contribution in [0.1, 0.15) is 38.8 Å². The predicted octanol–water partition coefficient (Wildman–Crippen LogP) is 2.76. The van der Waals surface area contributed by atoms with Crippen LogP contribution in [0.3, 0.4) is 0 Å². The van der Waals surface area contributed by atoms with Gasteiger partial charge in [-0.3, -0.25) is 0 Å². The first-order valence-electron chi connectivity index (χ1n) is 7.16. The molecule has 0 fully saturated rings. The van der Waals surface area contributed by atoms with Gasteiger partial charge in [-0.15, -0.1) is 0 Å². The van der Waals surface area contributed by atoms with Crippen molar-refractivity contribution < 1.29 is 14.6 Å². The molecule has 0 aliphatic carbocycles. The van der Waals surface area contributed by atoms with Gasteiger partial charge in [-0.05, 0) is 30.0 Å². The van der Waals surface area contributed by atoms with E-state index in [2.05, 4.69) is 26.1 Å². The number of rotatable bonds is 8. The number of aliphatic hydroxyl groups excluding tert-OH is 1. The highest BCUT2D eigenvalue weighted by molar-refractivity contribution is 5.43. The minimum absolute atomic E-state index is 0.0908. The molecular weight excluding hydrogens is 254 g/mol. The smallest absolute Gasteiger partial charge is 0.161 e. The van der Waals surface area contributed by atoms with Gasteiger partial charge in [-0.25, -0.2) is 0 Å². The van der Waals surface area contributed by atoms with Crippen molar-refractivity contribution in [3.8, 4) is 11.5 Å². The molecule has 2 atom stereocenters. The quantitative estimate of drug-likeness (QED) is 0.769. The lowest BCUT2D eigenvalue weighted by Gasteiger charge is -2.27. The zero-order valence-electron chi connectivity index (χ0n) is 13.1. The van der Waals surface area contributed by atoms with Crippen LogP contribution < -0.4 is 14.8 Å². The molecular formula is C16H27NO3. The third-order valence-electron chi connectivity index (χ3n) is 3.63. The van der Waals surface area contributed by atoms with E-state index in [-0.39, 0.29) is 18.7 Å². The number of hydrogen-bond acceptors (Lipinski definition) is 4. The average Bonchev–Trinajstić information content (AvgIpc) is 2.47. The summed E-state index contributed by atoms with van der Waals surface area (Å²) in [6.07, 6.45) is 0.943. The molecule has 114 valence electrons. The molecule has 4 nitrogen and oxygen atoms in total. The summed E-state index contributed by atoms with van der Waals surface area (Å²) in [5, 5.41) is 13.0. The highest BCUT2D eigenvalue weighted by Gasteiger charge is 2.19. The fraction of sp³-hybridized carbons (Fsp3) is 0.625. The minimum atomic E-state index is 0.0908. The van der Waals surface area contributed by atoms with Crippen LogP contribution in [0, 0.1) is 5.92 Å². The Morgan fingerprint density at radius 2 is 1.80 bits per heavy atom. The van der Waals surface area contributed by atoms with Crippen molar-refractivity contribution in [1.29, 1.82) is 0 Å². The van der Waals surface area contributed by atoms with E-state index in [4.69, 9.17) is 9.47 Å². The molecule has 1 aromatic rings. The molecule has 0 heterocycles. The fourth-order valence-corrected chi connectivity index (χ4v) is 2.23. The van der Waals surface area contributed by atoms with Gasteiger partial charge in [0, 0.05) is 12.1 Å². The molecule has 2 unspecified atom stereocenters. The molecule has 0 aromatic heterocycles. The predicted molar refractivity (Wildman–Crippen MR) is 81.4 cm³/mol. The molecule has 20 heavy (non-hydrogen) atoms. The van der Waals surface area contributed by atoms with Crippen molar-refractivity contribution in [3.05, 3.63) is 23.8 Å². The number of ether oxygens (including phenoxy) is 2. The van der Waals surface area contributed by atoms with Gasteiger partial charge in [-0.2, -0.15) is 0 Å². The molecule has 0 saturated carbocycles. The lowest BCUT2D eigenvalue weighted by Crippen LogP contribution is -2.39. The summed E-state index contributed by atoms with van der Waals surface area (Å²) in [6.45, 7) is 6.48. The summed E-state index contributed by atoms with van der Waals surface area (Å²) >= 11 is 0. The standard InChI is InChI=1S/C16H27NO3/c1-6-13(17-14(10-18)11(2)3)12-7-8-15(19-4)16(9-12)20-5/h7-9,11,13-14,17-18H,6,10H2,1-5H3. The zero-order valence-corrected chi connectivity index (χ0v) is 13.1. The Balaban J connectivity index is 2.94. The van der Waals surface area contributed by atoms with Crippen molar-refractivity contribution in [3.63, 3.8) is 0 Å². The molecule has 1 rings (SSSR count). The van der Waals surface area contributed by atoms with Gasteiger partial charge in [0.1, 0.15) is 0 Å². The normalized spacial score (nSPS) is 14.2. The van der Waals surface area contributed by atoms with Crippen molar-refractivity contribution in [2.24, 2.45) is 5.92 Å². The Morgan fingerprint density at radius 3 is 2.25 bits per heavy atom. The maximum absolute atomic E-state index is 9.46. The third kappa shape index (κ3) is 4.12. The third-order valence-corrected chi connectivity index (χ3v) is 3.63. The Kier molecular flexibility index (Phi) is 6.82. The highest BCUT2D eigenvalue weighted by Crippen LogP contribution is 2.31. The van der Waals surface area contributed by atoms with Crippen LogP contribution in [0.4, 0.5) is 0 Å². The summed E-state index contributed by atoms with van der Waals surface area (Å²) < 4.78 is 10.6. The molecule has 0 aliphatic rings. The lowest BCUT2D eigenvalue weighted by molar-refractivity contribution is 0.198. The molecule has 1 aromatic carbocycles. The molecule has 0 spiro atoms. The van der Waals surface area contributed by atoms with Crippen molar-refractivity contribution in [1.82, 2.24) is 5.32 Å². The van der Waals surface area contributed by atoms with Crippen LogP contribution in [0.15, 0.2) is 18.2 Å². The average molecular weight is 281 g/mol. The summed E-state index contributed by atoms with van der Waals surface area (Å²) in [4.78, 5) is 0. The van der Waals surface area contributed by atoms with Crippen LogP contribution in [-0.4, -0.2) is 32.0 Å². The molecule has 0 saturated heterocycles. The number of nitrogens with one attached hydrogen (secondary N) is 1. The van der Waals surface area contributed by atoms with Gasteiger partial charge in [0.25, 0.3) is 0 Å². The van der Waals surface area contributed by atoms with Crippen molar-refractivity contribution >= 4 is 0 Å². The second-order valence-electron chi connectivity index (χ2n) is 5.28. The van der Waals surface area contributed by atoms with E-state index in [1.807, 2.05) is 18.2 Å². The fourth-order valence-electron chi connectivity index (χ4n) is 2.23. The van der Waals surface area contributed by atoms with Gasteiger partial charge in [0.15, 0.2) is 11.5 Å². The monoisotopic (exact) mass is 281 g/mol. The molecule has 0 bridgehead atoms. The molecule has 0 radical (unpaired) electrons. The maximum Gasteiger partial charge on any atom is 0.161 e. The van der Waals surface area contributed by atoms with Gasteiger partial charge in [0.2, 0.25) is 0 Å². The zero-order chi connectivity index (χ0) is 15.1. The number of aliphatic hydroxyl groups is 1. The van der Waals surface area contributed by atoms with E-state index in [0.29, 0.717) is 5.92 Å². The largest absolute Gasteiger partial charge is 0.493 e. The minimum Gasteiger partial charge on any atom is -0.493 e. The van der Waals surface area contributed by atoms with Gasteiger partial charge >= 0.3 is 0 Å². The first-order valence-corrected chi connectivity index (χ1v) is 7.16. The highest BCUT2D eigenvalue weighted by atomic mass is 16.5. The SMILES string of the molecule is CCC(NC(CO)C(C)C)c1ccc(OC)c(OC)c1. The van der Waals surface area contributed by atoms with Crippen LogP contribution in [0.25, 0.3) is 0 Å². The summed E-state index contributed by atoms with van der Waals surface area (Å²) in [5.74, 6) is 1.85. The van der Waals surface area contributed by atoms with E-state index < -0.39 is 0 Å². The van der Waals surface area contributed by atoms with E-state index in [1.165, 1.54) is 0 Å². The number of methoxy groups -OCH3 is 2. The van der Waals surface area contributed by atoms with Crippen LogP contribution >= 0.6 is 0 Å². The molecule has 0 amide bonds. The molecule has 2 N–H and O–H groups in total. The van der Waals surface area contributed by atoms with Crippen LogP contribution in [0.5, 0.6) is 11.5 Å². The van der Waals surface area contributed by atoms with Crippen LogP contribution in [-0.2, 0) is 0 Å². The van der Waals surface area contributed by atoms with E-state index in [9.17, 15) is 5.11 Å². The van der Waals surface area contributed by atoms with Crippen LogP contribution in [0.2, 0.25) is 0 Å². The number of benzene rings is 1. The Bertz CT molecular complexity index is 407. The Labute approximate surface area is 122 Å². The second-order valence-corrected chi connectivity index (χ2v) is 5.28. The second kappa shape index (κ2) is 8.12. The first-order chi connectivity index (χ1) is 9.57. The topological polar surface area (TPSA) is 50.7 Å².